The van der Waals surface area contributed by atoms with E-state index in [9.17, 15) is 13.2 Å². The Morgan fingerprint density at radius 1 is 1.31 bits per heavy atom. The van der Waals surface area contributed by atoms with E-state index in [1.54, 1.807) is 0 Å². The molecule has 0 N–H and O–H groups in total. The Labute approximate surface area is 89.5 Å². The molecule has 0 aliphatic carbocycles. The van der Waals surface area contributed by atoms with Crippen LogP contribution in [0.2, 0.25) is 0 Å². The van der Waals surface area contributed by atoms with Crippen LogP contribution in [-0.2, 0) is 0 Å². The van der Waals surface area contributed by atoms with Gasteiger partial charge in [-0.25, -0.2) is 17.9 Å². The third kappa shape index (κ3) is 1.91. The van der Waals surface area contributed by atoms with Crippen molar-refractivity contribution in [3.8, 4) is 5.69 Å². The summed E-state index contributed by atoms with van der Waals surface area (Å²) in [6, 6.07) is 3.35. The fraction of sp³-hybridized carbons (Fsp3) is 0.100. The van der Waals surface area contributed by atoms with Gasteiger partial charge in [-0.15, -0.1) is 5.10 Å². The highest BCUT2D eigenvalue weighted by atomic mass is 19.3. The lowest BCUT2D eigenvalue weighted by atomic mass is 10.2. The zero-order chi connectivity index (χ0) is 11.7. The first-order valence-electron chi connectivity index (χ1n) is 4.40. The van der Waals surface area contributed by atoms with Crippen LogP contribution in [0.5, 0.6) is 0 Å². The van der Waals surface area contributed by atoms with E-state index in [4.69, 9.17) is 0 Å². The highest BCUT2D eigenvalue weighted by Gasteiger charge is 2.14. The van der Waals surface area contributed by atoms with Crippen molar-refractivity contribution < 1.29 is 13.2 Å². The summed E-state index contributed by atoms with van der Waals surface area (Å²) in [5, 5.41) is 7.26. The predicted molar refractivity (Wildman–Crippen MR) is 50.7 cm³/mol. The maximum Gasteiger partial charge on any atom is 0.266 e. The van der Waals surface area contributed by atoms with Crippen LogP contribution in [0.1, 0.15) is 17.7 Å². The van der Waals surface area contributed by atoms with Gasteiger partial charge in [0.25, 0.3) is 6.43 Å². The van der Waals surface area contributed by atoms with Crippen LogP contribution in [0.4, 0.5) is 13.2 Å². The molecule has 0 spiro atoms. The quantitative estimate of drug-likeness (QED) is 0.787. The highest BCUT2D eigenvalue weighted by Crippen LogP contribution is 2.24. The Hall–Kier alpha value is -1.85. The zero-order valence-corrected chi connectivity index (χ0v) is 8.07. The normalized spacial score (nSPS) is 11.1. The SMILES string of the molecule is [CH2]c1cn(-c2ccc(F)c(C(F)F)c2)nn1. The molecule has 3 nitrogen and oxygen atoms in total. The van der Waals surface area contributed by atoms with Crippen molar-refractivity contribution in [3.63, 3.8) is 0 Å². The number of benzene rings is 1. The number of halogens is 3. The number of rotatable bonds is 2. The minimum Gasteiger partial charge on any atom is -0.220 e. The van der Waals surface area contributed by atoms with Gasteiger partial charge in [0.1, 0.15) is 5.82 Å². The molecule has 0 fully saturated rings. The van der Waals surface area contributed by atoms with Gasteiger partial charge in [0.15, 0.2) is 0 Å². The van der Waals surface area contributed by atoms with Crippen molar-refractivity contribution >= 4 is 0 Å². The summed E-state index contributed by atoms with van der Waals surface area (Å²) >= 11 is 0. The maximum absolute atomic E-state index is 13.0. The second-order valence-electron chi connectivity index (χ2n) is 3.16. The van der Waals surface area contributed by atoms with Crippen molar-refractivity contribution in [2.24, 2.45) is 0 Å². The van der Waals surface area contributed by atoms with Crippen molar-refractivity contribution in [2.45, 2.75) is 6.43 Å². The average molecular weight is 226 g/mol. The number of nitrogens with zero attached hydrogens (tertiary/aromatic N) is 3. The third-order valence-corrected chi connectivity index (χ3v) is 2.02. The van der Waals surface area contributed by atoms with Gasteiger partial charge in [-0.1, -0.05) is 5.21 Å². The smallest absolute Gasteiger partial charge is 0.220 e. The third-order valence-electron chi connectivity index (χ3n) is 2.02. The number of hydrogen-bond donors (Lipinski definition) is 0. The first-order valence-corrected chi connectivity index (χ1v) is 4.40. The Kier molecular flexibility index (Phi) is 2.64. The van der Waals surface area contributed by atoms with Crippen LogP contribution in [0.15, 0.2) is 24.4 Å². The molecule has 0 amide bonds. The molecule has 0 saturated carbocycles. The zero-order valence-electron chi connectivity index (χ0n) is 8.07. The predicted octanol–water partition coefficient (Wildman–Crippen LogP) is 2.53. The van der Waals surface area contributed by atoms with Gasteiger partial charge >= 0.3 is 0 Å². The van der Waals surface area contributed by atoms with E-state index in [-0.39, 0.29) is 0 Å². The van der Waals surface area contributed by atoms with Gasteiger partial charge in [-0.05, 0) is 25.1 Å². The number of aromatic nitrogens is 3. The highest BCUT2D eigenvalue weighted by molar-refractivity contribution is 5.36. The van der Waals surface area contributed by atoms with Crippen molar-refractivity contribution in [3.05, 3.63) is 48.4 Å². The van der Waals surface area contributed by atoms with Crippen LogP contribution in [0, 0.1) is 12.7 Å². The molecular formula is C10H7F3N3. The maximum atomic E-state index is 13.0. The van der Waals surface area contributed by atoms with Crippen LogP contribution in [0.3, 0.4) is 0 Å². The summed E-state index contributed by atoms with van der Waals surface area (Å²) in [6.07, 6.45) is -1.40. The minimum atomic E-state index is -2.86. The second-order valence-corrected chi connectivity index (χ2v) is 3.16. The Morgan fingerprint density at radius 2 is 2.06 bits per heavy atom. The molecule has 16 heavy (non-hydrogen) atoms. The molecule has 0 bridgehead atoms. The molecule has 0 aliphatic rings. The molecule has 2 aromatic rings. The minimum absolute atomic E-state index is 0.319. The summed E-state index contributed by atoms with van der Waals surface area (Å²) in [5.41, 5.74) is 0.0700. The molecular weight excluding hydrogens is 219 g/mol. The Balaban J connectivity index is 2.47. The average Bonchev–Trinajstić information content (AvgIpc) is 2.65. The van der Waals surface area contributed by atoms with Crippen molar-refractivity contribution in [2.75, 3.05) is 0 Å². The van der Waals surface area contributed by atoms with Crippen LogP contribution in [-0.4, -0.2) is 15.0 Å². The fourth-order valence-electron chi connectivity index (χ4n) is 1.27. The van der Waals surface area contributed by atoms with E-state index in [1.807, 2.05) is 0 Å². The molecule has 0 saturated heterocycles. The van der Waals surface area contributed by atoms with Crippen molar-refractivity contribution in [1.82, 2.24) is 15.0 Å². The van der Waals surface area contributed by atoms with E-state index in [2.05, 4.69) is 17.2 Å². The van der Waals surface area contributed by atoms with E-state index >= 15 is 0 Å². The largest absolute Gasteiger partial charge is 0.266 e. The molecule has 1 heterocycles. The summed E-state index contributed by atoms with van der Waals surface area (Å²) < 4.78 is 39.1. The summed E-state index contributed by atoms with van der Waals surface area (Å²) in [6.45, 7) is 3.53. The van der Waals surface area contributed by atoms with Crippen LogP contribution >= 0.6 is 0 Å². The summed E-state index contributed by atoms with van der Waals surface area (Å²) in [7, 11) is 0. The molecule has 6 heteroatoms. The lowest BCUT2D eigenvalue weighted by Crippen LogP contribution is -1.98. The van der Waals surface area contributed by atoms with E-state index in [0.717, 1.165) is 12.1 Å². The molecule has 0 atom stereocenters. The molecule has 0 unspecified atom stereocenters. The standard InChI is InChI=1S/C10H7F3N3/c1-6-5-16(15-14-6)7-2-3-9(11)8(4-7)10(12)13/h2-5,10H,1H2. The molecule has 1 aromatic heterocycles. The van der Waals surface area contributed by atoms with Gasteiger partial charge in [-0.3, -0.25) is 0 Å². The van der Waals surface area contributed by atoms with Gasteiger partial charge in [-0.2, -0.15) is 0 Å². The molecule has 1 aromatic carbocycles. The Bertz CT molecular complexity index is 508. The van der Waals surface area contributed by atoms with Crippen molar-refractivity contribution in [1.29, 1.82) is 0 Å². The fourth-order valence-corrected chi connectivity index (χ4v) is 1.27. The number of hydrogen-bond acceptors (Lipinski definition) is 2. The molecule has 83 valence electrons. The number of alkyl halides is 2. The molecule has 0 aliphatic heterocycles. The second kappa shape index (κ2) is 3.96. The van der Waals surface area contributed by atoms with E-state index in [1.165, 1.54) is 16.9 Å². The molecule has 2 rings (SSSR count). The summed E-state index contributed by atoms with van der Waals surface area (Å²) in [4.78, 5) is 0. The summed E-state index contributed by atoms with van der Waals surface area (Å²) in [5.74, 6) is -0.936. The van der Waals surface area contributed by atoms with Gasteiger partial charge in [0.05, 0.1) is 23.1 Å². The topological polar surface area (TPSA) is 30.7 Å². The monoisotopic (exact) mass is 226 g/mol. The van der Waals surface area contributed by atoms with Gasteiger partial charge < -0.3 is 0 Å². The van der Waals surface area contributed by atoms with E-state index < -0.39 is 17.8 Å². The van der Waals surface area contributed by atoms with Crippen LogP contribution in [0.25, 0.3) is 5.69 Å². The first kappa shape index (κ1) is 10.7. The van der Waals surface area contributed by atoms with Gasteiger partial charge in [0, 0.05) is 0 Å². The lowest BCUT2D eigenvalue weighted by molar-refractivity contribution is 0.146. The first-order chi connectivity index (χ1) is 7.58. The lowest BCUT2D eigenvalue weighted by Gasteiger charge is -2.05. The Morgan fingerprint density at radius 3 is 2.62 bits per heavy atom. The van der Waals surface area contributed by atoms with Gasteiger partial charge in [0.2, 0.25) is 0 Å². The van der Waals surface area contributed by atoms with Crippen LogP contribution < -0.4 is 0 Å². The van der Waals surface area contributed by atoms with E-state index in [0.29, 0.717) is 11.4 Å². The molecule has 1 radical (unpaired) electrons.